The molecule has 1 fully saturated rings. The summed E-state index contributed by atoms with van der Waals surface area (Å²) < 4.78 is 0. The maximum absolute atomic E-state index is 11.6. The summed E-state index contributed by atoms with van der Waals surface area (Å²) in [5.74, 6) is 1.15. The Bertz CT molecular complexity index is 526. The lowest BCUT2D eigenvalue weighted by Crippen LogP contribution is -2.38. The highest BCUT2D eigenvalue weighted by molar-refractivity contribution is 7.11. The maximum atomic E-state index is 11.6. The van der Waals surface area contributed by atoms with Gasteiger partial charge in [0.25, 0.3) is 0 Å². The van der Waals surface area contributed by atoms with Gasteiger partial charge in [-0.1, -0.05) is 6.92 Å². The highest BCUT2D eigenvalue weighted by Crippen LogP contribution is 2.17. The first-order chi connectivity index (χ1) is 11.2. The lowest BCUT2D eigenvalue weighted by Gasteiger charge is -2.16. The molecule has 0 aromatic carbocycles. The molecule has 0 bridgehead atoms. The molecule has 5 nitrogen and oxygen atoms in total. The van der Waals surface area contributed by atoms with Gasteiger partial charge in [-0.2, -0.15) is 0 Å². The van der Waals surface area contributed by atoms with Gasteiger partial charge in [0.05, 0.1) is 6.54 Å². The molecule has 1 aliphatic heterocycles. The number of carbonyl (C=O) groups is 1. The summed E-state index contributed by atoms with van der Waals surface area (Å²) >= 11 is 1.83. The number of nitrogens with one attached hydrogen (secondary N) is 2. The quantitative estimate of drug-likeness (QED) is 0.435. The Morgan fingerprint density at radius 1 is 1.30 bits per heavy atom. The van der Waals surface area contributed by atoms with E-state index in [9.17, 15) is 4.79 Å². The molecule has 23 heavy (non-hydrogen) atoms. The van der Waals surface area contributed by atoms with Gasteiger partial charge in [-0.25, -0.2) is 4.99 Å². The van der Waals surface area contributed by atoms with Crippen LogP contribution in [0.2, 0.25) is 0 Å². The highest BCUT2D eigenvalue weighted by atomic mass is 32.1. The van der Waals surface area contributed by atoms with Crippen molar-refractivity contribution in [1.29, 1.82) is 0 Å². The standard InChI is InChI=1S/C17H28N4OS/c1-3-14-8-9-15(23-14)13-20-17(18-4-2)19-10-6-12-21-11-5-7-16(21)22/h8-9H,3-7,10-13H2,1-2H3,(H2,18,19,20). The molecule has 1 saturated heterocycles. The summed E-state index contributed by atoms with van der Waals surface area (Å²) in [6.45, 7) is 8.41. The van der Waals surface area contributed by atoms with Crippen LogP contribution in [0.25, 0.3) is 0 Å². The zero-order chi connectivity index (χ0) is 16.5. The Balaban J connectivity index is 1.73. The fourth-order valence-electron chi connectivity index (χ4n) is 2.61. The Hall–Kier alpha value is -1.56. The number of hydrogen-bond donors (Lipinski definition) is 2. The average molecular weight is 337 g/mol. The van der Waals surface area contributed by atoms with Crippen molar-refractivity contribution >= 4 is 23.2 Å². The van der Waals surface area contributed by atoms with Crippen molar-refractivity contribution in [3.63, 3.8) is 0 Å². The van der Waals surface area contributed by atoms with Crippen LogP contribution in [-0.4, -0.2) is 42.9 Å². The van der Waals surface area contributed by atoms with Gasteiger partial charge in [0.1, 0.15) is 0 Å². The van der Waals surface area contributed by atoms with E-state index in [1.165, 1.54) is 9.75 Å². The van der Waals surface area contributed by atoms with Crippen LogP contribution < -0.4 is 10.6 Å². The second-order valence-corrected chi connectivity index (χ2v) is 6.93. The number of amides is 1. The number of rotatable bonds is 8. The predicted octanol–water partition coefficient (Wildman–Crippen LogP) is 2.38. The van der Waals surface area contributed by atoms with Gasteiger partial charge in [0.15, 0.2) is 5.96 Å². The summed E-state index contributed by atoms with van der Waals surface area (Å²) in [6.07, 6.45) is 3.77. The van der Waals surface area contributed by atoms with E-state index in [4.69, 9.17) is 0 Å². The predicted molar refractivity (Wildman–Crippen MR) is 96.9 cm³/mol. The topological polar surface area (TPSA) is 56.7 Å². The minimum Gasteiger partial charge on any atom is -0.357 e. The fraction of sp³-hybridized carbons (Fsp3) is 0.647. The summed E-state index contributed by atoms with van der Waals surface area (Å²) in [5, 5.41) is 6.63. The van der Waals surface area contributed by atoms with Crippen molar-refractivity contribution in [2.75, 3.05) is 26.2 Å². The molecule has 2 N–H and O–H groups in total. The molecule has 2 heterocycles. The van der Waals surface area contributed by atoms with Gasteiger partial charge in [0, 0.05) is 42.4 Å². The summed E-state index contributed by atoms with van der Waals surface area (Å²) in [7, 11) is 0. The molecule has 128 valence electrons. The second kappa shape index (κ2) is 9.55. The van der Waals surface area contributed by atoms with Crippen LogP contribution in [0.1, 0.15) is 42.9 Å². The van der Waals surface area contributed by atoms with Crippen LogP contribution in [0.15, 0.2) is 17.1 Å². The van der Waals surface area contributed by atoms with E-state index in [2.05, 4.69) is 41.6 Å². The van der Waals surface area contributed by atoms with Crippen LogP contribution >= 0.6 is 11.3 Å². The van der Waals surface area contributed by atoms with Crippen LogP contribution in [-0.2, 0) is 17.8 Å². The summed E-state index contributed by atoms with van der Waals surface area (Å²) in [6, 6.07) is 4.35. The van der Waals surface area contributed by atoms with Crippen molar-refractivity contribution in [3.8, 4) is 0 Å². The van der Waals surface area contributed by atoms with Crippen molar-refractivity contribution in [2.45, 2.75) is 46.1 Å². The number of aliphatic imine (C=N–C) groups is 1. The molecule has 1 aromatic heterocycles. The molecular weight excluding hydrogens is 308 g/mol. The molecule has 0 aliphatic carbocycles. The number of hydrogen-bond acceptors (Lipinski definition) is 3. The lowest BCUT2D eigenvalue weighted by atomic mass is 10.3. The number of guanidine groups is 1. The first-order valence-corrected chi connectivity index (χ1v) is 9.42. The van der Waals surface area contributed by atoms with E-state index in [-0.39, 0.29) is 0 Å². The van der Waals surface area contributed by atoms with E-state index in [1.807, 2.05) is 16.2 Å². The largest absolute Gasteiger partial charge is 0.357 e. The smallest absolute Gasteiger partial charge is 0.222 e. The van der Waals surface area contributed by atoms with Gasteiger partial charge in [-0.3, -0.25) is 4.79 Å². The van der Waals surface area contributed by atoms with Crippen molar-refractivity contribution in [1.82, 2.24) is 15.5 Å². The molecule has 1 aromatic rings. The minimum absolute atomic E-state index is 0.301. The van der Waals surface area contributed by atoms with Crippen molar-refractivity contribution in [2.24, 2.45) is 4.99 Å². The highest BCUT2D eigenvalue weighted by Gasteiger charge is 2.18. The molecule has 2 rings (SSSR count). The van der Waals surface area contributed by atoms with E-state index in [0.29, 0.717) is 12.5 Å². The first kappa shape index (κ1) is 17.8. The molecule has 0 atom stereocenters. The monoisotopic (exact) mass is 336 g/mol. The van der Waals surface area contributed by atoms with E-state index in [0.717, 1.165) is 57.8 Å². The summed E-state index contributed by atoms with van der Waals surface area (Å²) in [4.78, 5) is 20.9. The van der Waals surface area contributed by atoms with Crippen LogP contribution in [0.5, 0.6) is 0 Å². The van der Waals surface area contributed by atoms with Gasteiger partial charge in [-0.15, -0.1) is 11.3 Å². The average Bonchev–Trinajstić information content (AvgIpc) is 3.18. The minimum atomic E-state index is 0.301. The fourth-order valence-corrected chi connectivity index (χ4v) is 3.50. The number of aryl methyl sites for hydroxylation is 1. The molecule has 6 heteroatoms. The number of nitrogens with zero attached hydrogens (tertiary/aromatic N) is 2. The normalized spacial score (nSPS) is 15.3. The van der Waals surface area contributed by atoms with Crippen molar-refractivity contribution in [3.05, 3.63) is 21.9 Å². The molecule has 1 amide bonds. The van der Waals surface area contributed by atoms with Crippen LogP contribution in [0.3, 0.4) is 0 Å². The molecule has 0 spiro atoms. The Morgan fingerprint density at radius 2 is 2.13 bits per heavy atom. The molecule has 0 unspecified atom stereocenters. The Kier molecular flexibility index (Phi) is 7.39. The molecule has 1 aliphatic rings. The molecular formula is C17H28N4OS. The first-order valence-electron chi connectivity index (χ1n) is 8.60. The second-order valence-electron chi connectivity index (χ2n) is 5.68. The molecule has 0 radical (unpaired) electrons. The zero-order valence-electron chi connectivity index (χ0n) is 14.2. The van der Waals surface area contributed by atoms with E-state index >= 15 is 0 Å². The van der Waals surface area contributed by atoms with Crippen LogP contribution in [0.4, 0.5) is 0 Å². The van der Waals surface area contributed by atoms with E-state index < -0.39 is 0 Å². The lowest BCUT2D eigenvalue weighted by molar-refractivity contribution is -0.127. The third-order valence-electron chi connectivity index (χ3n) is 3.87. The summed E-state index contributed by atoms with van der Waals surface area (Å²) in [5.41, 5.74) is 0. The van der Waals surface area contributed by atoms with Gasteiger partial charge in [0.2, 0.25) is 5.91 Å². The molecule has 0 saturated carbocycles. The van der Waals surface area contributed by atoms with E-state index in [1.54, 1.807) is 0 Å². The van der Waals surface area contributed by atoms with Gasteiger partial charge in [-0.05, 0) is 38.3 Å². The van der Waals surface area contributed by atoms with Crippen molar-refractivity contribution < 1.29 is 4.79 Å². The maximum Gasteiger partial charge on any atom is 0.222 e. The Morgan fingerprint density at radius 3 is 2.78 bits per heavy atom. The zero-order valence-corrected chi connectivity index (χ0v) is 15.0. The SMILES string of the molecule is CCNC(=NCc1ccc(CC)s1)NCCCN1CCCC1=O. The third kappa shape index (κ3) is 5.86. The third-order valence-corrected chi connectivity index (χ3v) is 5.09. The number of likely N-dealkylation sites (tertiary alicyclic amines) is 1. The number of carbonyl (C=O) groups excluding carboxylic acids is 1. The Labute approximate surface area is 143 Å². The number of thiophene rings is 1. The van der Waals surface area contributed by atoms with Gasteiger partial charge < -0.3 is 15.5 Å². The van der Waals surface area contributed by atoms with Crippen LogP contribution in [0, 0.1) is 0 Å². The van der Waals surface area contributed by atoms with Gasteiger partial charge >= 0.3 is 0 Å².